The van der Waals surface area contributed by atoms with Crippen LogP contribution < -0.4 is 5.32 Å². The quantitative estimate of drug-likeness (QED) is 0.905. The normalized spacial score (nSPS) is 15.6. The molecule has 1 aliphatic rings. The first-order valence-corrected chi connectivity index (χ1v) is 6.57. The first kappa shape index (κ1) is 12.5. The lowest BCUT2D eigenvalue weighted by atomic mass is 10.1. The van der Waals surface area contributed by atoms with E-state index in [0.717, 1.165) is 22.8 Å². The second-order valence-electron chi connectivity index (χ2n) is 5.01. The number of aryl methyl sites for hydroxylation is 2. The van der Waals surface area contributed by atoms with Crippen LogP contribution in [0.1, 0.15) is 18.2 Å². The van der Waals surface area contributed by atoms with Crippen molar-refractivity contribution in [1.82, 2.24) is 15.3 Å². The lowest BCUT2D eigenvalue weighted by Crippen LogP contribution is -2.29. The monoisotopic (exact) mass is 264 g/mol. The highest BCUT2D eigenvalue weighted by Crippen LogP contribution is 2.20. The van der Waals surface area contributed by atoms with Gasteiger partial charge in [-0.25, -0.2) is 15.0 Å². The van der Waals surface area contributed by atoms with E-state index in [1.807, 2.05) is 38.1 Å². The number of aliphatic imine (C=N–C) groups is 1. The number of nitrogens with zero attached hydrogens (tertiary/aromatic N) is 3. The Morgan fingerprint density at radius 3 is 2.35 bits per heavy atom. The molecule has 0 fully saturated rings. The predicted octanol–water partition coefficient (Wildman–Crippen LogP) is 3.30. The summed E-state index contributed by atoms with van der Waals surface area (Å²) in [6.45, 7) is 6.02. The zero-order valence-electron chi connectivity index (χ0n) is 11.8. The Hall–Kier alpha value is -2.49. The summed E-state index contributed by atoms with van der Waals surface area (Å²) < 4.78 is 0. The first-order valence-electron chi connectivity index (χ1n) is 6.57. The van der Waals surface area contributed by atoms with Gasteiger partial charge in [0.05, 0.1) is 0 Å². The Morgan fingerprint density at radius 1 is 1.00 bits per heavy atom. The Bertz CT molecular complexity index is 712. The van der Waals surface area contributed by atoms with Gasteiger partial charge in [0.1, 0.15) is 5.84 Å². The molecule has 0 aliphatic carbocycles. The fourth-order valence-corrected chi connectivity index (χ4v) is 2.03. The van der Waals surface area contributed by atoms with E-state index in [4.69, 9.17) is 0 Å². The minimum atomic E-state index is 0.680. The van der Waals surface area contributed by atoms with Gasteiger partial charge in [-0.1, -0.05) is 29.8 Å². The fraction of sp³-hybridized carbons (Fsp3) is 0.188. The van der Waals surface area contributed by atoms with Crippen LogP contribution in [0, 0.1) is 13.8 Å². The van der Waals surface area contributed by atoms with Crippen molar-refractivity contribution in [2.45, 2.75) is 20.8 Å². The first-order chi connectivity index (χ1) is 9.60. The van der Waals surface area contributed by atoms with Crippen molar-refractivity contribution < 1.29 is 0 Å². The highest BCUT2D eigenvalue weighted by atomic mass is 15.1. The molecule has 2 aromatic rings. The smallest absolute Gasteiger partial charge is 0.161 e. The summed E-state index contributed by atoms with van der Waals surface area (Å²) in [6.07, 6.45) is 1.99. The zero-order chi connectivity index (χ0) is 14.1. The summed E-state index contributed by atoms with van der Waals surface area (Å²) >= 11 is 0. The van der Waals surface area contributed by atoms with Gasteiger partial charge < -0.3 is 5.32 Å². The summed E-state index contributed by atoms with van der Waals surface area (Å²) in [5.41, 5.74) is 4.26. The van der Waals surface area contributed by atoms with Gasteiger partial charge in [0.25, 0.3) is 0 Å². The lowest BCUT2D eigenvalue weighted by molar-refractivity contribution is 1.04. The molecule has 2 heterocycles. The van der Waals surface area contributed by atoms with Crippen LogP contribution in [0.3, 0.4) is 0 Å². The second-order valence-corrected chi connectivity index (χ2v) is 5.01. The molecular formula is C16H16N4. The Morgan fingerprint density at radius 2 is 1.70 bits per heavy atom. The van der Waals surface area contributed by atoms with Gasteiger partial charge in [0.15, 0.2) is 11.6 Å². The molecule has 3 rings (SSSR count). The van der Waals surface area contributed by atoms with Gasteiger partial charge in [-0.3, -0.25) is 0 Å². The number of allylic oxidation sites excluding steroid dienone is 1. The van der Waals surface area contributed by atoms with Crippen LogP contribution in [0.25, 0.3) is 11.4 Å². The van der Waals surface area contributed by atoms with Gasteiger partial charge >= 0.3 is 0 Å². The largest absolute Gasteiger partial charge is 0.344 e. The van der Waals surface area contributed by atoms with Crippen molar-refractivity contribution >= 4 is 11.7 Å². The van der Waals surface area contributed by atoms with Crippen LogP contribution in [0.2, 0.25) is 0 Å². The molecule has 1 aromatic heterocycles. The third kappa shape index (κ3) is 2.59. The number of hydrogen-bond acceptors (Lipinski definition) is 3. The third-order valence-corrected chi connectivity index (χ3v) is 3.06. The topological polar surface area (TPSA) is 50.2 Å². The molecule has 0 unspecified atom stereocenters. The molecule has 0 saturated heterocycles. The maximum Gasteiger partial charge on any atom is 0.161 e. The molecule has 0 radical (unpaired) electrons. The van der Waals surface area contributed by atoms with E-state index in [1.54, 1.807) is 0 Å². The number of nitrogens with one attached hydrogen (secondary N) is 1. The van der Waals surface area contributed by atoms with Gasteiger partial charge in [0, 0.05) is 23.0 Å². The molecule has 0 saturated carbocycles. The van der Waals surface area contributed by atoms with E-state index in [9.17, 15) is 0 Å². The molecule has 1 aromatic carbocycles. The minimum absolute atomic E-state index is 0.680. The third-order valence-electron chi connectivity index (χ3n) is 3.06. The van der Waals surface area contributed by atoms with Crippen molar-refractivity contribution in [1.29, 1.82) is 0 Å². The van der Waals surface area contributed by atoms with E-state index in [1.165, 1.54) is 5.56 Å². The van der Waals surface area contributed by atoms with Crippen LogP contribution >= 0.6 is 0 Å². The maximum absolute atomic E-state index is 4.51. The zero-order valence-corrected chi connectivity index (χ0v) is 11.8. The molecule has 0 atom stereocenters. The van der Waals surface area contributed by atoms with Crippen LogP contribution in [-0.4, -0.2) is 15.8 Å². The van der Waals surface area contributed by atoms with Gasteiger partial charge in [-0.05, 0) is 26.8 Å². The molecule has 100 valence electrons. The van der Waals surface area contributed by atoms with Crippen LogP contribution in [0.5, 0.6) is 0 Å². The Kier molecular flexibility index (Phi) is 3.06. The molecule has 1 N–H and O–H groups in total. The molecule has 4 heteroatoms. The SMILES string of the molecule is CC1=CC(=Nc2cc(C)nc(-c3ccc(C)cc3)n2)N1. The van der Waals surface area contributed by atoms with Crippen molar-refractivity contribution in [2.24, 2.45) is 4.99 Å². The predicted molar refractivity (Wildman–Crippen MR) is 80.9 cm³/mol. The van der Waals surface area contributed by atoms with E-state index in [0.29, 0.717) is 11.6 Å². The summed E-state index contributed by atoms with van der Waals surface area (Å²) in [5, 5.41) is 3.13. The Labute approximate surface area is 118 Å². The summed E-state index contributed by atoms with van der Waals surface area (Å²) in [4.78, 5) is 13.5. The average molecular weight is 264 g/mol. The summed E-state index contributed by atoms with van der Waals surface area (Å²) in [7, 11) is 0. The van der Waals surface area contributed by atoms with E-state index in [-0.39, 0.29) is 0 Å². The number of rotatable bonds is 2. The lowest BCUT2D eigenvalue weighted by Gasteiger charge is -2.15. The number of hydrogen-bond donors (Lipinski definition) is 1. The van der Waals surface area contributed by atoms with Gasteiger partial charge in [0.2, 0.25) is 0 Å². The molecule has 1 aliphatic heterocycles. The van der Waals surface area contributed by atoms with Crippen molar-refractivity contribution in [3.05, 3.63) is 53.4 Å². The molecule has 0 bridgehead atoms. The minimum Gasteiger partial charge on any atom is -0.344 e. The maximum atomic E-state index is 4.51. The van der Waals surface area contributed by atoms with Crippen LogP contribution in [-0.2, 0) is 0 Å². The number of aromatic nitrogens is 2. The van der Waals surface area contributed by atoms with E-state index in [2.05, 4.69) is 39.3 Å². The molecule has 0 spiro atoms. The summed E-state index contributed by atoms with van der Waals surface area (Å²) in [5.74, 6) is 2.24. The fourth-order valence-electron chi connectivity index (χ4n) is 2.03. The van der Waals surface area contributed by atoms with Crippen LogP contribution in [0.15, 0.2) is 47.1 Å². The number of amidine groups is 1. The highest BCUT2D eigenvalue weighted by molar-refractivity contribution is 6.01. The van der Waals surface area contributed by atoms with Crippen molar-refractivity contribution in [3.8, 4) is 11.4 Å². The summed E-state index contributed by atoms with van der Waals surface area (Å²) in [6, 6.07) is 10.1. The molecule has 4 nitrogen and oxygen atoms in total. The molecule has 0 amide bonds. The molecular weight excluding hydrogens is 248 g/mol. The highest BCUT2D eigenvalue weighted by Gasteiger charge is 2.09. The van der Waals surface area contributed by atoms with Crippen LogP contribution in [0.4, 0.5) is 5.82 Å². The standard InChI is InChI=1S/C16H16N4/c1-10-4-6-13(7-5-10)16-18-12(3)9-15(20-16)19-14-8-11(2)17-14/h4-9H,1-3H3,(H,17,18,19,20). The van der Waals surface area contributed by atoms with E-state index < -0.39 is 0 Å². The average Bonchev–Trinajstić information content (AvgIpc) is 2.37. The van der Waals surface area contributed by atoms with E-state index >= 15 is 0 Å². The Balaban J connectivity index is 1.98. The van der Waals surface area contributed by atoms with Crippen molar-refractivity contribution in [2.75, 3.05) is 0 Å². The second kappa shape index (κ2) is 4.89. The molecule has 20 heavy (non-hydrogen) atoms. The van der Waals surface area contributed by atoms with Crippen molar-refractivity contribution in [3.63, 3.8) is 0 Å². The van der Waals surface area contributed by atoms with Gasteiger partial charge in [-0.2, -0.15) is 0 Å². The van der Waals surface area contributed by atoms with Gasteiger partial charge in [-0.15, -0.1) is 0 Å². The number of benzene rings is 1.